The summed E-state index contributed by atoms with van der Waals surface area (Å²) in [7, 11) is 0. The lowest BCUT2D eigenvalue weighted by atomic mass is 10.1. The lowest BCUT2D eigenvalue weighted by Gasteiger charge is -2.32. The van der Waals surface area contributed by atoms with Crippen LogP contribution in [0, 0.1) is 0 Å². The molecule has 1 aliphatic rings. The van der Waals surface area contributed by atoms with Gasteiger partial charge in [0, 0.05) is 6.92 Å². The molecule has 1 saturated heterocycles. The first-order chi connectivity index (χ1) is 13.6. The topological polar surface area (TPSA) is 56.8 Å². The average molecular weight is 383 g/mol. The molecule has 0 aromatic heterocycles. The highest BCUT2D eigenvalue weighted by Gasteiger charge is 2.34. The van der Waals surface area contributed by atoms with Crippen LogP contribution in [0.5, 0.6) is 0 Å². The summed E-state index contributed by atoms with van der Waals surface area (Å²) in [6.45, 7) is 3.54. The number of carbonyl (C=O) groups is 1. The highest BCUT2D eigenvalue weighted by Crippen LogP contribution is 2.20. The Bertz CT molecular complexity index is 716. The van der Waals surface area contributed by atoms with Crippen LogP contribution >= 0.6 is 0 Å². The van der Waals surface area contributed by atoms with Crippen molar-refractivity contribution in [3.8, 4) is 0 Å². The van der Waals surface area contributed by atoms with Crippen molar-refractivity contribution in [3.05, 3.63) is 71.8 Å². The van der Waals surface area contributed by atoms with Crippen LogP contribution < -0.4 is 5.32 Å². The number of rotatable bonds is 9. The number of carbonyl (C=O) groups excluding carboxylic acids is 1. The molecule has 0 spiro atoms. The highest BCUT2D eigenvalue weighted by atomic mass is 16.7. The molecule has 1 aliphatic heterocycles. The molecule has 0 amide bonds. The average Bonchev–Trinajstić information content (AvgIpc) is 2.74. The molecule has 1 N–H and O–H groups in total. The number of esters is 1. The molecule has 0 bridgehead atoms. The summed E-state index contributed by atoms with van der Waals surface area (Å²) in [6, 6.07) is 19.5. The smallest absolute Gasteiger partial charge is 0.325 e. The molecule has 2 unspecified atom stereocenters. The molecule has 2 atom stereocenters. The molecule has 5 heteroatoms. The van der Waals surface area contributed by atoms with Crippen molar-refractivity contribution in [3.63, 3.8) is 0 Å². The van der Waals surface area contributed by atoms with E-state index in [4.69, 9.17) is 14.2 Å². The molecule has 0 saturated carbocycles. The van der Waals surface area contributed by atoms with E-state index in [1.807, 2.05) is 60.7 Å². The zero-order valence-corrected chi connectivity index (χ0v) is 16.4. The van der Waals surface area contributed by atoms with Crippen LogP contribution in [0.2, 0.25) is 0 Å². The van der Waals surface area contributed by atoms with Gasteiger partial charge < -0.3 is 19.5 Å². The van der Waals surface area contributed by atoms with Gasteiger partial charge in [-0.05, 0) is 30.5 Å². The van der Waals surface area contributed by atoms with Crippen molar-refractivity contribution in [2.75, 3.05) is 13.2 Å². The lowest BCUT2D eigenvalue weighted by molar-refractivity contribution is -0.250. The third kappa shape index (κ3) is 6.44. The predicted octanol–water partition coefficient (Wildman–Crippen LogP) is 3.82. The van der Waals surface area contributed by atoms with Gasteiger partial charge in [-0.25, -0.2) is 0 Å². The normalized spacial score (nSPS) is 19.0. The molecule has 2 aromatic carbocycles. The maximum Gasteiger partial charge on any atom is 0.325 e. The number of hydrogen-bond donors (Lipinski definition) is 1. The molecule has 5 nitrogen and oxygen atoms in total. The largest absolute Gasteiger partial charge is 0.430 e. The van der Waals surface area contributed by atoms with E-state index in [9.17, 15) is 4.79 Å². The second kappa shape index (κ2) is 10.4. The van der Waals surface area contributed by atoms with E-state index in [0.29, 0.717) is 13.2 Å². The molecule has 1 fully saturated rings. The SMILES string of the molecule is CC(COCc1ccccc1)(OCc1ccccc1)OC(=O)C1CCCCN1. The molecule has 28 heavy (non-hydrogen) atoms. The molecular weight excluding hydrogens is 354 g/mol. The van der Waals surface area contributed by atoms with E-state index in [1.165, 1.54) is 0 Å². The van der Waals surface area contributed by atoms with Gasteiger partial charge in [0.2, 0.25) is 5.79 Å². The molecule has 2 aromatic rings. The van der Waals surface area contributed by atoms with Crippen molar-refractivity contribution < 1.29 is 19.0 Å². The third-order valence-electron chi connectivity index (χ3n) is 4.77. The van der Waals surface area contributed by atoms with Gasteiger partial charge in [-0.3, -0.25) is 4.79 Å². The minimum absolute atomic E-state index is 0.160. The van der Waals surface area contributed by atoms with E-state index in [1.54, 1.807) is 6.92 Å². The Hall–Kier alpha value is -2.21. The van der Waals surface area contributed by atoms with Crippen molar-refractivity contribution in [2.45, 2.75) is 51.2 Å². The zero-order valence-electron chi connectivity index (χ0n) is 16.4. The third-order valence-corrected chi connectivity index (χ3v) is 4.77. The van der Waals surface area contributed by atoms with Gasteiger partial charge in [-0.2, -0.15) is 0 Å². The number of nitrogens with one attached hydrogen (secondary N) is 1. The van der Waals surface area contributed by atoms with Crippen LogP contribution in [0.1, 0.15) is 37.3 Å². The van der Waals surface area contributed by atoms with Gasteiger partial charge in [-0.1, -0.05) is 67.1 Å². The number of ether oxygens (including phenoxy) is 3. The Kier molecular flexibility index (Phi) is 7.60. The lowest BCUT2D eigenvalue weighted by Crippen LogP contribution is -2.47. The van der Waals surface area contributed by atoms with E-state index < -0.39 is 5.79 Å². The van der Waals surface area contributed by atoms with Gasteiger partial charge >= 0.3 is 5.97 Å². The molecule has 0 aliphatic carbocycles. The fourth-order valence-electron chi connectivity index (χ4n) is 3.18. The Balaban J connectivity index is 1.60. The van der Waals surface area contributed by atoms with Crippen molar-refractivity contribution in [2.24, 2.45) is 0 Å². The van der Waals surface area contributed by atoms with Gasteiger partial charge in [-0.15, -0.1) is 0 Å². The fourth-order valence-corrected chi connectivity index (χ4v) is 3.18. The molecule has 3 rings (SSSR count). The zero-order chi connectivity index (χ0) is 19.7. The van der Waals surface area contributed by atoms with E-state index in [-0.39, 0.29) is 18.6 Å². The van der Waals surface area contributed by atoms with Crippen LogP contribution in [0.4, 0.5) is 0 Å². The molecular formula is C23H29NO4. The van der Waals surface area contributed by atoms with Crippen molar-refractivity contribution >= 4 is 5.97 Å². The van der Waals surface area contributed by atoms with Crippen LogP contribution in [0.3, 0.4) is 0 Å². The fraction of sp³-hybridized carbons (Fsp3) is 0.435. The summed E-state index contributed by atoms with van der Waals surface area (Å²) >= 11 is 0. The van der Waals surface area contributed by atoms with Crippen LogP contribution in [-0.2, 0) is 32.2 Å². The summed E-state index contributed by atoms with van der Waals surface area (Å²) in [5.41, 5.74) is 2.08. The Morgan fingerprint density at radius 2 is 1.64 bits per heavy atom. The highest BCUT2D eigenvalue weighted by molar-refractivity contribution is 5.76. The maximum absolute atomic E-state index is 12.6. The van der Waals surface area contributed by atoms with Gasteiger partial charge in [0.05, 0.1) is 13.2 Å². The first-order valence-corrected chi connectivity index (χ1v) is 9.90. The van der Waals surface area contributed by atoms with Gasteiger partial charge in [0.25, 0.3) is 0 Å². The Labute approximate surface area is 167 Å². The van der Waals surface area contributed by atoms with Gasteiger partial charge in [0.15, 0.2) is 0 Å². The van der Waals surface area contributed by atoms with Crippen molar-refractivity contribution in [1.29, 1.82) is 0 Å². The van der Waals surface area contributed by atoms with Crippen LogP contribution in [-0.4, -0.2) is 30.9 Å². The summed E-state index contributed by atoms with van der Waals surface area (Å²) in [5.74, 6) is -1.43. The summed E-state index contributed by atoms with van der Waals surface area (Å²) in [4.78, 5) is 12.6. The summed E-state index contributed by atoms with van der Waals surface area (Å²) in [5, 5.41) is 3.23. The van der Waals surface area contributed by atoms with E-state index in [0.717, 1.165) is 36.9 Å². The summed E-state index contributed by atoms with van der Waals surface area (Å²) in [6.07, 6.45) is 2.91. The first-order valence-electron chi connectivity index (χ1n) is 9.90. The first kappa shape index (κ1) is 20.5. The number of piperidine rings is 1. The minimum atomic E-state index is -1.15. The molecule has 1 heterocycles. The quantitative estimate of drug-likeness (QED) is 0.527. The summed E-state index contributed by atoms with van der Waals surface area (Å²) < 4.78 is 17.6. The second-order valence-electron chi connectivity index (χ2n) is 7.31. The van der Waals surface area contributed by atoms with Gasteiger partial charge in [0.1, 0.15) is 12.6 Å². The van der Waals surface area contributed by atoms with Crippen LogP contribution in [0.15, 0.2) is 60.7 Å². The molecule has 0 radical (unpaired) electrons. The van der Waals surface area contributed by atoms with Crippen LogP contribution in [0.25, 0.3) is 0 Å². The number of hydrogen-bond acceptors (Lipinski definition) is 5. The Morgan fingerprint density at radius 1 is 1.00 bits per heavy atom. The Morgan fingerprint density at radius 3 is 2.25 bits per heavy atom. The monoisotopic (exact) mass is 383 g/mol. The van der Waals surface area contributed by atoms with E-state index >= 15 is 0 Å². The minimum Gasteiger partial charge on any atom is -0.430 e. The second-order valence-corrected chi connectivity index (χ2v) is 7.31. The predicted molar refractivity (Wildman–Crippen MR) is 107 cm³/mol. The maximum atomic E-state index is 12.6. The number of benzene rings is 2. The van der Waals surface area contributed by atoms with E-state index in [2.05, 4.69) is 5.32 Å². The van der Waals surface area contributed by atoms with Crippen molar-refractivity contribution in [1.82, 2.24) is 5.32 Å². The molecule has 150 valence electrons. The standard InChI is InChI=1S/C23H29NO4/c1-23(27-17-20-12-6-3-7-13-20,18-26-16-19-10-4-2-5-11-19)28-22(25)21-14-8-9-15-24-21/h2-7,10-13,21,24H,8-9,14-18H2,1H3.